The summed E-state index contributed by atoms with van der Waals surface area (Å²) in [5.41, 5.74) is 8.06. The minimum absolute atomic E-state index is 0. The van der Waals surface area contributed by atoms with Crippen LogP contribution in [0.2, 0.25) is 0 Å². The number of aryl methyl sites for hydroxylation is 2. The maximum Gasteiger partial charge on any atom is 0.228 e. The van der Waals surface area contributed by atoms with Crippen LogP contribution in [0.25, 0.3) is 0 Å². The van der Waals surface area contributed by atoms with E-state index in [0.29, 0.717) is 0 Å². The highest BCUT2D eigenvalue weighted by Crippen LogP contribution is 2.17. The Kier molecular flexibility index (Phi) is 5.47. The van der Waals surface area contributed by atoms with Crippen molar-refractivity contribution in [3.8, 4) is 0 Å². The highest BCUT2D eigenvalue weighted by atomic mass is 35.5. The number of nitrogens with two attached hydrogens (primary N) is 1. The van der Waals surface area contributed by atoms with Crippen LogP contribution in [0.1, 0.15) is 25.2 Å². The molecule has 0 spiro atoms. The SMILES string of the molecule is Cc1n[nH]c(C)c1NC(=O)C(C)C(C)N.Cl. The van der Waals surface area contributed by atoms with E-state index in [2.05, 4.69) is 15.5 Å². The van der Waals surface area contributed by atoms with Crippen LogP contribution in [0.4, 0.5) is 5.69 Å². The lowest BCUT2D eigenvalue weighted by Crippen LogP contribution is -2.34. The van der Waals surface area contributed by atoms with Crippen molar-refractivity contribution >= 4 is 24.0 Å². The van der Waals surface area contributed by atoms with Crippen LogP contribution in [0.5, 0.6) is 0 Å². The fourth-order valence-electron chi connectivity index (χ4n) is 1.21. The van der Waals surface area contributed by atoms with Gasteiger partial charge in [-0.05, 0) is 20.8 Å². The number of hydrogen-bond donors (Lipinski definition) is 3. The molecule has 6 heteroatoms. The van der Waals surface area contributed by atoms with Gasteiger partial charge in [0.2, 0.25) is 5.91 Å². The maximum absolute atomic E-state index is 11.7. The summed E-state index contributed by atoms with van der Waals surface area (Å²) < 4.78 is 0. The van der Waals surface area contributed by atoms with Crippen LogP contribution in [0.3, 0.4) is 0 Å². The third-order valence-corrected chi connectivity index (χ3v) is 2.58. The number of anilines is 1. The lowest BCUT2D eigenvalue weighted by atomic mass is 10.0. The first-order chi connectivity index (χ1) is 6.93. The van der Waals surface area contributed by atoms with E-state index in [1.54, 1.807) is 0 Å². The van der Waals surface area contributed by atoms with Crippen LogP contribution in [0, 0.1) is 19.8 Å². The van der Waals surface area contributed by atoms with Crippen molar-refractivity contribution in [2.45, 2.75) is 33.7 Å². The normalized spacial score (nSPS) is 13.8. The number of carbonyl (C=O) groups excluding carboxylic acids is 1. The molecule has 2 unspecified atom stereocenters. The lowest BCUT2D eigenvalue weighted by Gasteiger charge is -2.15. The molecule has 0 saturated carbocycles. The first-order valence-corrected chi connectivity index (χ1v) is 5.01. The molecule has 0 radical (unpaired) electrons. The van der Waals surface area contributed by atoms with Gasteiger partial charge in [-0.1, -0.05) is 6.92 Å². The topological polar surface area (TPSA) is 83.8 Å². The standard InChI is InChI=1S/C10H18N4O.ClH/c1-5(6(2)11)10(15)12-9-7(3)13-14-8(9)4;/h5-6H,11H2,1-4H3,(H,12,15)(H,13,14);1H. The van der Waals surface area contributed by atoms with Gasteiger partial charge in [0.1, 0.15) is 0 Å². The molecule has 1 aromatic heterocycles. The van der Waals surface area contributed by atoms with Gasteiger partial charge >= 0.3 is 0 Å². The second kappa shape index (κ2) is 5.86. The Morgan fingerprint density at radius 1 is 1.44 bits per heavy atom. The van der Waals surface area contributed by atoms with E-state index >= 15 is 0 Å². The summed E-state index contributed by atoms with van der Waals surface area (Å²) in [6, 6.07) is -0.155. The number of nitrogens with one attached hydrogen (secondary N) is 2. The van der Waals surface area contributed by atoms with Crippen molar-refractivity contribution in [2.75, 3.05) is 5.32 Å². The number of nitrogens with zero attached hydrogens (tertiary/aromatic N) is 1. The zero-order valence-corrected chi connectivity index (χ0v) is 10.8. The smallest absolute Gasteiger partial charge is 0.228 e. The highest BCUT2D eigenvalue weighted by molar-refractivity contribution is 5.93. The molecule has 0 aliphatic heterocycles. The molecule has 1 amide bonds. The number of hydrogen-bond acceptors (Lipinski definition) is 3. The van der Waals surface area contributed by atoms with Crippen LogP contribution >= 0.6 is 12.4 Å². The van der Waals surface area contributed by atoms with Gasteiger partial charge in [0.15, 0.2) is 0 Å². The summed E-state index contributed by atoms with van der Waals surface area (Å²) in [5.74, 6) is -0.281. The molecule has 1 heterocycles. The van der Waals surface area contributed by atoms with Gasteiger partial charge in [-0.25, -0.2) is 0 Å². The molecule has 92 valence electrons. The predicted molar refractivity (Wildman–Crippen MR) is 66.8 cm³/mol. The fourth-order valence-corrected chi connectivity index (χ4v) is 1.21. The fraction of sp³-hybridized carbons (Fsp3) is 0.600. The van der Waals surface area contributed by atoms with Crippen LogP contribution in [-0.2, 0) is 4.79 Å². The number of aromatic nitrogens is 2. The zero-order valence-electron chi connectivity index (χ0n) is 10.00. The van der Waals surface area contributed by atoms with E-state index in [0.717, 1.165) is 17.1 Å². The van der Waals surface area contributed by atoms with E-state index in [1.165, 1.54) is 0 Å². The Hall–Kier alpha value is -1.07. The molecule has 16 heavy (non-hydrogen) atoms. The summed E-state index contributed by atoms with van der Waals surface area (Å²) in [7, 11) is 0. The van der Waals surface area contributed by atoms with E-state index < -0.39 is 0 Å². The predicted octanol–water partition coefficient (Wildman–Crippen LogP) is 1.37. The quantitative estimate of drug-likeness (QED) is 0.753. The number of H-pyrrole nitrogens is 1. The van der Waals surface area contributed by atoms with Gasteiger partial charge in [0.05, 0.1) is 23.0 Å². The molecule has 4 N–H and O–H groups in total. The van der Waals surface area contributed by atoms with Gasteiger partial charge in [-0.2, -0.15) is 5.10 Å². The number of aromatic amines is 1. The third-order valence-electron chi connectivity index (χ3n) is 2.58. The van der Waals surface area contributed by atoms with Crippen molar-refractivity contribution in [3.63, 3.8) is 0 Å². The van der Waals surface area contributed by atoms with Gasteiger partial charge in [0.25, 0.3) is 0 Å². The second-order valence-corrected chi connectivity index (χ2v) is 3.95. The first-order valence-electron chi connectivity index (χ1n) is 5.01. The molecular formula is C10H19ClN4O. The molecule has 1 rings (SSSR count). The van der Waals surface area contributed by atoms with Gasteiger partial charge in [0, 0.05) is 6.04 Å². The van der Waals surface area contributed by atoms with Crippen molar-refractivity contribution < 1.29 is 4.79 Å². The number of rotatable bonds is 3. The molecule has 0 bridgehead atoms. The third kappa shape index (κ3) is 3.21. The van der Waals surface area contributed by atoms with E-state index in [4.69, 9.17) is 5.73 Å². The summed E-state index contributed by atoms with van der Waals surface area (Å²) in [4.78, 5) is 11.7. The molecule has 0 saturated heterocycles. The van der Waals surface area contributed by atoms with Crippen LogP contribution in [-0.4, -0.2) is 22.1 Å². The van der Waals surface area contributed by atoms with E-state index in [1.807, 2.05) is 27.7 Å². The average Bonchev–Trinajstić information content (AvgIpc) is 2.47. The summed E-state index contributed by atoms with van der Waals surface area (Å²) in [5, 5.41) is 9.64. The number of carbonyl (C=O) groups is 1. The Morgan fingerprint density at radius 2 is 2.00 bits per heavy atom. The molecule has 0 aliphatic carbocycles. The molecule has 0 fully saturated rings. The molecule has 0 aliphatic rings. The lowest BCUT2D eigenvalue weighted by molar-refractivity contribution is -0.119. The first kappa shape index (κ1) is 14.9. The van der Waals surface area contributed by atoms with Crippen molar-refractivity contribution in [1.29, 1.82) is 0 Å². The molecular weight excluding hydrogens is 228 g/mol. The number of halogens is 1. The summed E-state index contributed by atoms with van der Waals surface area (Å²) in [6.45, 7) is 7.34. The largest absolute Gasteiger partial charge is 0.327 e. The van der Waals surface area contributed by atoms with E-state index in [9.17, 15) is 4.79 Å². The summed E-state index contributed by atoms with van der Waals surface area (Å²) in [6.07, 6.45) is 0. The minimum atomic E-state index is -0.210. The van der Waals surface area contributed by atoms with Gasteiger partial charge < -0.3 is 11.1 Å². The van der Waals surface area contributed by atoms with Crippen LogP contribution in [0.15, 0.2) is 0 Å². The second-order valence-electron chi connectivity index (χ2n) is 3.95. The minimum Gasteiger partial charge on any atom is -0.327 e. The zero-order chi connectivity index (χ0) is 11.6. The monoisotopic (exact) mass is 246 g/mol. The Balaban J connectivity index is 0.00000225. The summed E-state index contributed by atoms with van der Waals surface area (Å²) >= 11 is 0. The average molecular weight is 247 g/mol. The van der Waals surface area contributed by atoms with Gasteiger partial charge in [-0.15, -0.1) is 12.4 Å². The highest BCUT2D eigenvalue weighted by Gasteiger charge is 2.19. The molecule has 2 atom stereocenters. The van der Waals surface area contributed by atoms with Crippen molar-refractivity contribution in [2.24, 2.45) is 11.7 Å². The Labute approximate surface area is 102 Å². The van der Waals surface area contributed by atoms with Crippen molar-refractivity contribution in [3.05, 3.63) is 11.4 Å². The molecule has 5 nitrogen and oxygen atoms in total. The Bertz CT molecular complexity index is 342. The van der Waals surface area contributed by atoms with E-state index in [-0.39, 0.29) is 30.3 Å². The van der Waals surface area contributed by atoms with Crippen LogP contribution < -0.4 is 11.1 Å². The molecule has 1 aromatic rings. The number of amides is 1. The maximum atomic E-state index is 11.7. The van der Waals surface area contributed by atoms with Gasteiger partial charge in [-0.3, -0.25) is 9.89 Å². The molecule has 0 aromatic carbocycles. The Morgan fingerprint density at radius 3 is 2.38 bits per heavy atom. The van der Waals surface area contributed by atoms with Crippen molar-refractivity contribution in [1.82, 2.24) is 10.2 Å².